The first-order valence-corrected chi connectivity index (χ1v) is 16.8. The Morgan fingerprint density at radius 3 is 1.42 bits per heavy atom. The smallest absolute Gasteiger partial charge is 0.278 e. The van der Waals surface area contributed by atoms with Gasteiger partial charge in [0.05, 0.1) is 0 Å². The third kappa shape index (κ3) is 6.81. The van der Waals surface area contributed by atoms with Crippen LogP contribution in [-0.4, -0.2) is 16.8 Å². The number of benzene rings is 5. The van der Waals surface area contributed by atoms with Gasteiger partial charge in [-0.2, -0.15) is 0 Å². The number of nitrogens with one attached hydrogen (secondary N) is 2. The minimum Gasteiger partial charge on any atom is -1.00 e. The largest absolute Gasteiger partial charge is 1.00 e. The van der Waals surface area contributed by atoms with Gasteiger partial charge in [0.1, 0.15) is 28.5 Å². The average Bonchev–Trinajstić information content (AvgIpc) is 3.61. The van der Waals surface area contributed by atoms with E-state index in [1.54, 1.807) is 35.8 Å². The fraction of sp³-hybridized carbons (Fsp3) is 0. The number of rotatable bonds is 9. The molecular formula is C37H29IN3O2PS. The van der Waals surface area contributed by atoms with Crippen LogP contribution in [0.25, 0.3) is 5.31 Å². The van der Waals surface area contributed by atoms with Crippen LogP contribution in [-0.2, 0) is 4.79 Å². The van der Waals surface area contributed by atoms with Gasteiger partial charge >= 0.3 is 0 Å². The quantitative estimate of drug-likeness (QED) is 0.135. The Bertz CT molecular complexity index is 1780. The lowest BCUT2D eigenvalue weighted by molar-refractivity contribution is -0.113. The molecule has 0 saturated heterocycles. The fourth-order valence-electron chi connectivity index (χ4n) is 5.33. The second-order valence-electron chi connectivity index (χ2n) is 9.88. The molecule has 6 rings (SSSR count). The molecule has 2 N–H and O–H groups in total. The maximum Gasteiger partial charge on any atom is 0.278 e. The highest BCUT2D eigenvalue weighted by Crippen LogP contribution is 2.67. The number of carbonyl (C=O) groups is 2. The minimum absolute atomic E-state index is 0. The van der Waals surface area contributed by atoms with E-state index in [0.29, 0.717) is 10.7 Å². The molecule has 0 saturated carbocycles. The summed E-state index contributed by atoms with van der Waals surface area (Å²) in [4.78, 5) is 32.7. The normalized spacial score (nSPS) is 11.5. The second kappa shape index (κ2) is 15.0. The third-order valence-electron chi connectivity index (χ3n) is 7.20. The molecule has 0 aliphatic heterocycles. The topological polar surface area (TPSA) is 71.1 Å². The van der Waals surface area contributed by atoms with E-state index in [0.717, 1.165) is 26.8 Å². The van der Waals surface area contributed by atoms with Crippen molar-refractivity contribution in [3.8, 4) is 0 Å². The lowest BCUT2D eigenvalue weighted by Crippen LogP contribution is -3.00. The highest BCUT2D eigenvalue weighted by Gasteiger charge is 2.52. The molecule has 0 aliphatic carbocycles. The fourth-order valence-corrected chi connectivity index (χ4v) is 10.4. The molecule has 5 aromatic carbocycles. The van der Waals surface area contributed by atoms with Gasteiger partial charge in [-0.1, -0.05) is 103 Å². The number of amides is 2. The standard InChI is InChI=1S/C37H28N3O2PS.HI/c41-35(29-18-8-2-9-19-29)39-33(36(42)40-37-38-26-27-44-37)34(28-16-6-1-7-17-28)43(30-20-10-3-11-21-30,31-22-12-4-13-23-31)32-24-14-5-15-25-32;/h1-27H,(H-,38,39,40,41,42);1H/b34-33-;. The number of halogens is 1. The number of carbonyl (C=O) groups excluding carboxylic acids is 2. The Labute approximate surface area is 284 Å². The summed E-state index contributed by atoms with van der Waals surface area (Å²) in [5.41, 5.74) is 1.45. The molecule has 0 spiro atoms. The molecule has 0 atom stereocenters. The summed E-state index contributed by atoms with van der Waals surface area (Å²) in [6, 6.07) is 49.7. The number of hydrogen-bond acceptors (Lipinski definition) is 4. The van der Waals surface area contributed by atoms with Crippen molar-refractivity contribution in [3.63, 3.8) is 0 Å². The molecule has 45 heavy (non-hydrogen) atoms. The summed E-state index contributed by atoms with van der Waals surface area (Å²) in [6.45, 7) is 0. The van der Waals surface area contributed by atoms with E-state index >= 15 is 0 Å². The van der Waals surface area contributed by atoms with Gasteiger partial charge in [-0.3, -0.25) is 14.9 Å². The van der Waals surface area contributed by atoms with E-state index in [1.807, 2.05) is 91.0 Å². The van der Waals surface area contributed by atoms with Crippen molar-refractivity contribution < 1.29 is 33.6 Å². The van der Waals surface area contributed by atoms with Crippen LogP contribution in [0.4, 0.5) is 5.13 Å². The van der Waals surface area contributed by atoms with Crippen LogP contribution < -0.4 is 50.5 Å². The number of anilines is 1. The molecule has 1 heterocycles. The third-order valence-corrected chi connectivity index (χ3v) is 12.3. The molecule has 8 heteroatoms. The van der Waals surface area contributed by atoms with Gasteiger partial charge in [-0.15, -0.1) is 11.3 Å². The lowest BCUT2D eigenvalue weighted by atomic mass is 10.1. The average molecular weight is 738 g/mol. The highest BCUT2D eigenvalue weighted by atomic mass is 127. The Morgan fingerprint density at radius 1 is 0.578 bits per heavy atom. The van der Waals surface area contributed by atoms with Crippen molar-refractivity contribution in [3.05, 3.63) is 180 Å². The van der Waals surface area contributed by atoms with Gasteiger partial charge in [0.15, 0.2) is 10.8 Å². The predicted octanol–water partition coefficient (Wildman–Crippen LogP) is 3.88. The first-order chi connectivity index (χ1) is 21.7. The molecule has 5 nitrogen and oxygen atoms in total. The summed E-state index contributed by atoms with van der Waals surface area (Å²) in [5.74, 6) is -0.828. The molecule has 6 aromatic rings. The van der Waals surface area contributed by atoms with E-state index in [-0.39, 0.29) is 35.6 Å². The summed E-state index contributed by atoms with van der Waals surface area (Å²) in [5, 5.41) is 12.2. The molecule has 0 unspecified atom stereocenters. The van der Waals surface area contributed by atoms with E-state index in [4.69, 9.17) is 0 Å². The van der Waals surface area contributed by atoms with Gasteiger partial charge in [0, 0.05) is 22.7 Å². The molecule has 0 aliphatic rings. The molecule has 0 fully saturated rings. The van der Waals surface area contributed by atoms with Crippen molar-refractivity contribution in [1.29, 1.82) is 0 Å². The van der Waals surface area contributed by atoms with Gasteiger partial charge in [-0.25, -0.2) is 4.98 Å². The van der Waals surface area contributed by atoms with Crippen molar-refractivity contribution in [2.75, 3.05) is 5.32 Å². The number of hydrogen-bond donors (Lipinski definition) is 2. The SMILES string of the molecule is O=C(Nc1nccs1)/C(NC(=O)c1ccccc1)=C(\c1ccccc1)[P+](c1ccccc1)(c1ccccc1)c1ccccc1.[I-]. The number of nitrogens with zero attached hydrogens (tertiary/aromatic N) is 1. The van der Waals surface area contributed by atoms with Crippen LogP contribution in [0.3, 0.4) is 0 Å². The molecule has 222 valence electrons. The predicted molar refractivity (Wildman–Crippen MR) is 183 cm³/mol. The van der Waals surface area contributed by atoms with E-state index in [9.17, 15) is 9.59 Å². The highest BCUT2D eigenvalue weighted by molar-refractivity contribution is 8.03. The zero-order chi connectivity index (χ0) is 30.2. The second-order valence-corrected chi connectivity index (χ2v) is 14.1. The molecule has 0 radical (unpaired) electrons. The number of thiazole rings is 1. The Kier molecular flexibility index (Phi) is 10.7. The lowest BCUT2D eigenvalue weighted by Gasteiger charge is -2.31. The van der Waals surface area contributed by atoms with Crippen LogP contribution >= 0.6 is 18.6 Å². The van der Waals surface area contributed by atoms with Gasteiger partial charge in [0.25, 0.3) is 11.8 Å². The Morgan fingerprint density at radius 2 is 1.00 bits per heavy atom. The first kappa shape index (κ1) is 32.0. The van der Waals surface area contributed by atoms with Crippen molar-refractivity contribution in [2.24, 2.45) is 0 Å². The summed E-state index contributed by atoms with van der Waals surface area (Å²) in [7, 11) is -2.85. The maximum atomic E-state index is 14.5. The zero-order valence-corrected chi connectivity index (χ0v) is 28.0. The molecule has 2 amide bonds. The van der Waals surface area contributed by atoms with E-state index in [1.165, 1.54) is 11.3 Å². The van der Waals surface area contributed by atoms with Crippen LogP contribution in [0.15, 0.2) is 169 Å². The number of aromatic nitrogens is 1. The van der Waals surface area contributed by atoms with E-state index < -0.39 is 13.2 Å². The monoisotopic (exact) mass is 737 g/mol. The van der Waals surface area contributed by atoms with Gasteiger partial charge < -0.3 is 29.3 Å². The van der Waals surface area contributed by atoms with E-state index in [2.05, 4.69) is 52.0 Å². The van der Waals surface area contributed by atoms with Crippen molar-refractivity contribution in [1.82, 2.24) is 10.3 Å². The van der Waals surface area contributed by atoms with Crippen LogP contribution in [0.1, 0.15) is 15.9 Å². The molecule has 1 aromatic heterocycles. The molecule has 0 bridgehead atoms. The summed E-state index contributed by atoms with van der Waals surface area (Å²) >= 11 is 1.32. The van der Waals surface area contributed by atoms with Crippen molar-refractivity contribution >= 4 is 56.8 Å². The molecular weight excluding hydrogens is 708 g/mol. The van der Waals surface area contributed by atoms with Gasteiger partial charge in [-0.05, 0) is 48.5 Å². The van der Waals surface area contributed by atoms with Crippen LogP contribution in [0.5, 0.6) is 0 Å². The van der Waals surface area contributed by atoms with Gasteiger partial charge in [0.2, 0.25) is 0 Å². The van der Waals surface area contributed by atoms with Crippen LogP contribution in [0.2, 0.25) is 0 Å². The van der Waals surface area contributed by atoms with Crippen molar-refractivity contribution in [2.45, 2.75) is 0 Å². The minimum atomic E-state index is -2.85. The van der Waals surface area contributed by atoms with Crippen LogP contribution in [0, 0.1) is 0 Å². The summed E-state index contributed by atoms with van der Waals surface area (Å²) < 4.78 is 0. The first-order valence-electron chi connectivity index (χ1n) is 14.1. The zero-order valence-electron chi connectivity index (χ0n) is 24.1. The summed E-state index contributed by atoms with van der Waals surface area (Å²) in [6.07, 6.45) is 1.64. The maximum absolute atomic E-state index is 14.5. The Hall–Kier alpha value is -4.43. The Balaban J connectivity index is 0.00000400.